The van der Waals surface area contributed by atoms with Gasteiger partial charge in [-0.25, -0.2) is 0 Å². The molecule has 1 N–H and O–H groups in total. The third-order valence-electron chi connectivity index (χ3n) is 4.85. The number of nitrogens with one attached hydrogen (secondary N) is 1. The van der Waals surface area contributed by atoms with E-state index in [1.54, 1.807) is 7.11 Å². The first-order valence-corrected chi connectivity index (χ1v) is 7.81. The molecule has 6 heteroatoms. The Morgan fingerprint density at radius 2 is 2.27 bits per heavy atom. The molecule has 22 heavy (non-hydrogen) atoms. The van der Waals surface area contributed by atoms with Gasteiger partial charge in [-0.1, -0.05) is 0 Å². The number of fused-ring (bicyclic) bond motifs is 2. The average molecular weight is 300 g/mol. The molecule has 4 rings (SSSR count). The molecule has 0 saturated carbocycles. The summed E-state index contributed by atoms with van der Waals surface area (Å²) in [5, 5.41) is 8.05. The highest BCUT2D eigenvalue weighted by atomic mass is 16.5. The van der Waals surface area contributed by atoms with Crippen molar-refractivity contribution in [2.75, 3.05) is 33.3 Å². The minimum atomic E-state index is 0.0305. The van der Waals surface area contributed by atoms with Crippen molar-refractivity contribution >= 4 is 16.8 Å². The number of ether oxygens (including phenoxy) is 1. The van der Waals surface area contributed by atoms with Crippen LogP contribution < -0.4 is 4.74 Å². The lowest BCUT2D eigenvalue weighted by Gasteiger charge is -2.37. The van der Waals surface area contributed by atoms with Crippen LogP contribution in [0.15, 0.2) is 18.2 Å². The second-order valence-corrected chi connectivity index (χ2v) is 6.07. The van der Waals surface area contributed by atoms with Crippen molar-refractivity contribution in [2.24, 2.45) is 0 Å². The van der Waals surface area contributed by atoms with E-state index >= 15 is 0 Å². The number of rotatable bonds is 2. The van der Waals surface area contributed by atoms with Gasteiger partial charge in [0.15, 0.2) is 5.69 Å². The van der Waals surface area contributed by atoms with E-state index in [2.05, 4.69) is 15.1 Å². The highest BCUT2D eigenvalue weighted by Crippen LogP contribution is 2.25. The number of aromatic amines is 1. The molecular formula is C16H20N4O2. The normalized spacial score (nSPS) is 22.0. The molecule has 1 unspecified atom stereocenters. The molecule has 0 aliphatic carbocycles. The van der Waals surface area contributed by atoms with Crippen LogP contribution >= 0.6 is 0 Å². The lowest BCUT2D eigenvalue weighted by atomic mass is 10.1. The monoisotopic (exact) mass is 300 g/mol. The van der Waals surface area contributed by atoms with Gasteiger partial charge in [0.1, 0.15) is 5.75 Å². The minimum absolute atomic E-state index is 0.0305. The molecule has 2 aliphatic rings. The van der Waals surface area contributed by atoms with Crippen molar-refractivity contribution in [2.45, 2.75) is 18.9 Å². The van der Waals surface area contributed by atoms with E-state index < -0.39 is 0 Å². The van der Waals surface area contributed by atoms with Crippen molar-refractivity contribution in [3.05, 3.63) is 23.9 Å². The summed E-state index contributed by atoms with van der Waals surface area (Å²) in [7, 11) is 1.63. The number of hydrogen-bond acceptors (Lipinski definition) is 4. The van der Waals surface area contributed by atoms with Crippen molar-refractivity contribution in [3.8, 4) is 5.75 Å². The van der Waals surface area contributed by atoms with Gasteiger partial charge >= 0.3 is 0 Å². The molecule has 0 spiro atoms. The van der Waals surface area contributed by atoms with Gasteiger partial charge in [0.25, 0.3) is 5.91 Å². The Kier molecular flexibility index (Phi) is 3.26. The fraction of sp³-hybridized carbons (Fsp3) is 0.500. The van der Waals surface area contributed by atoms with Crippen molar-refractivity contribution in [1.82, 2.24) is 20.0 Å². The molecule has 2 aliphatic heterocycles. The summed E-state index contributed by atoms with van der Waals surface area (Å²) in [5.74, 6) is 0.790. The fourth-order valence-electron chi connectivity index (χ4n) is 3.61. The molecule has 2 saturated heterocycles. The van der Waals surface area contributed by atoms with Gasteiger partial charge in [-0.15, -0.1) is 0 Å². The summed E-state index contributed by atoms with van der Waals surface area (Å²) in [6.45, 7) is 3.77. The van der Waals surface area contributed by atoms with Gasteiger partial charge in [0.05, 0.1) is 12.6 Å². The Hall–Kier alpha value is -2.08. The summed E-state index contributed by atoms with van der Waals surface area (Å²) in [5.41, 5.74) is 1.35. The zero-order valence-corrected chi connectivity index (χ0v) is 12.7. The standard InChI is InChI=1S/C16H20N4O2/c1-22-12-4-5-13-14(9-12)17-18-15(13)16(21)20-8-7-19-6-2-3-11(19)10-20/h4-5,9,11H,2-3,6-8,10H2,1H3,(H,17,18). The molecule has 2 fully saturated rings. The van der Waals surface area contributed by atoms with Gasteiger partial charge in [0.2, 0.25) is 0 Å². The van der Waals surface area contributed by atoms with Gasteiger partial charge in [0, 0.05) is 37.1 Å². The molecule has 0 radical (unpaired) electrons. The zero-order valence-electron chi connectivity index (χ0n) is 12.7. The Morgan fingerprint density at radius 1 is 1.36 bits per heavy atom. The Labute approximate surface area is 129 Å². The fourth-order valence-corrected chi connectivity index (χ4v) is 3.61. The number of carbonyl (C=O) groups excluding carboxylic acids is 1. The predicted molar refractivity (Wildman–Crippen MR) is 83.1 cm³/mol. The zero-order chi connectivity index (χ0) is 15.1. The summed E-state index contributed by atoms with van der Waals surface area (Å²) in [4.78, 5) is 17.3. The van der Waals surface area contributed by atoms with E-state index in [4.69, 9.17) is 4.74 Å². The first kappa shape index (κ1) is 13.6. The van der Waals surface area contributed by atoms with Crippen LogP contribution in [0.4, 0.5) is 0 Å². The number of piperazine rings is 1. The highest BCUT2D eigenvalue weighted by molar-refractivity contribution is 6.04. The van der Waals surface area contributed by atoms with Crippen LogP contribution in [-0.4, -0.2) is 65.2 Å². The minimum Gasteiger partial charge on any atom is -0.497 e. The van der Waals surface area contributed by atoms with Crippen molar-refractivity contribution < 1.29 is 9.53 Å². The maximum atomic E-state index is 12.8. The number of hydrogen-bond donors (Lipinski definition) is 1. The number of methoxy groups -OCH3 is 1. The predicted octanol–water partition coefficient (Wildman–Crippen LogP) is 1.49. The summed E-state index contributed by atoms with van der Waals surface area (Å²) in [6.07, 6.45) is 2.44. The molecule has 1 atom stereocenters. The molecule has 1 aromatic heterocycles. The lowest BCUT2D eigenvalue weighted by Crippen LogP contribution is -2.52. The molecule has 2 aromatic rings. The van der Waals surface area contributed by atoms with Gasteiger partial charge < -0.3 is 9.64 Å². The van der Waals surface area contributed by atoms with Crippen molar-refractivity contribution in [1.29, 1.82) is 0 Å². The number of amides is 1. The number of carbonyl (C=O) groups is 1. The number of benzene rings is 1. The quantitative estimate of drug-likeness (QED) is 0.913. The average Bonchev–Trinajstić information content (AvgIpc) is 3.19. The second kappa shape index (κ2) is 5.28. The third kappa shape index (κ3) is 2.14. The van der Waals surface area contributed by atoms with Crippen LogP contribution in [0.1, 0.15) is 23.3 Å². The van der Waals surface area contributed by atoms with Gasteiger partial charge in [-0.3, -0.25) is 14.8 Å². The molecule has 116 valence electrons. The molecule has 0 bridgehead atoms. The smallest absolute Gasteiger partial charge is 0.275 e. The SMILES string of the molecule is COc1ccc2c(C(=O)N3CCN4CCCC4C3)n[nH]c2c1. The number of nitrogens with zero attached hydrogens (tertiary/aromatic N) is 3. The summed E-state index contributed by atoms with van der Waals surface area (Å²) < 4.78 is 5.21. The van der Waals surface area contributed by atoms with E-state index in [1.807, 2.05) is 23.1 Å². The van der Waals surface area contributed by atoms with E-state index in [1.165, 1.54) is 19.4 Å². The molecular weight excluding hydrogens is 280 g/mol. The number of H-pyrrole nitrogens is 1. The van der Waals surface area contributed by atoms with Crippen LogP contribution in [0.3, 0.4) is 0 Å². The van der Waals surface area contributed by atoms with E-state index in [9.17, 15) is 4.79 Å². The topological polar surface area (TPSA) is 61.5 Å². The molecule has 1 amide bonds. The Balaban J connectivity index is 1.60. The lowest BCUT2D eigenvalue weighted by molar-refractivity contribution is 0.0567. The second-order valence-electron chi connectivity index (χ2n) is 6.07. The first-order valence-electron chi connectivity index (χ1n) is 7.81. The first-order chi connectivity index (χ1) is 10.8. The molecule has 1 aromatic carbocycles. The van der Waals surface area contributed by atoms with Gasteiger partial charge in [-0.2, -0.15) is 5.10 Å². The maximum Gasteiger partial charge on any atom is 0.275 e. The van der Waals surface area contributed by atoms with Crippen LogP contribution in [0.25, 0.3) is 10.9 Å². The summed E-state index contributed by atoms with van der Waals surface area (Å²) >= 11 is 0. The Bertz CT molecular complexity index is 711. The Morgan fingerprint density at radius 3 is 3.14 bits per heavy atom. The van der Waals surface area contributed by atoms with Crippen molar-refractivity contribution in [3.63, 3.8) is 0 Å². The maximum absolute atomic E-state index is 12.8. The molecule has 3 heterocycles. The largest absolute Gasteiger partial charge is 0.497 e. The number of aromatic nitrogens is 2. The summed E-state index contributed by atoms with van der Waals surface area (Å²) in [6, 6.07) is 6.16. The third-order valence-corrected chi connectivity index (χ3v) is 4.85. The van der Waals surface area contributed by atoms with Crippen LogP contribution in [0.5, 0.6) is 5.75 Å². The highest BCUT2D eigenvalue weighted by Gasteiger charge is 2.33. The van der Waals surface area contributed by atoms with Crippen LogP contribution in [-0.2, 0) is 0 Å². The van der Waals surface area contributed by atoms with E-state index in [0.717, 1.165) is 36.3 Å². The van der Waals surface area contributed by atoms with Crippen LogP contribution in [0.2, 0.25) is 0 Å². The van der Waals surface area contributed by atoms with E-state index in [-0.39, 0.29) is 5.91 Å². The molecule has 6 nitrogen and oxygen atoms in total. The van der Waals surface area contributed by atoms with Gasteiger partial charge in [-0.05, 0) is 31.5 Å². The van der Waals surface area contributed by atoms with E-state index in [0.29, 0.717) is 11.7 Å². The van der Waals surface area contributed by atoms with Crippen LogP contribution in [0, 0.1) is 0 Å².